The van der Waals surface area contributed by atoms with Gasteiger partial charge in [0, 0.05) is 4.88 Å². The van der Waals surface area contributed by atoms with Crippen LogP contribution in [0.2, 0.25) is 0 Å². The Hall–Kier alpha value is -0.630. The predicted molar refractivity (Wildman–Crippen MR) is 57.8 cm³/mol. The van der Waals surface area contributed by atoms with Gasteiger partial charge in [-0.05, 0) is 37.8 Å². The maximum absolute atomic E-state index is 11.3. The molecular weight excluding hydrogens is 180 g/mol. The average Bonchev–Trinajstić information content (AvgIpc) is 2.41. The van der Waals surface area contributed by atoms with Gasteiger partial charge < -0.3 is 0 Å². The zero-order chi connectivity index (χ0) is 10.0. The van der Waals surface area contributed by atoms with Crippen molar-refractivity contribution in [3.63, 3.8) is 0 Å². The van der Waals surface area contributed by atoms with E-state index < -0.39 is 0 Å². The number of aryl methyl sites for hydroxylation is 1. The van der Waals surface area contributed by atoms with Crippen LogP contribution in [0.15, 0.2) is 0 Å². The molecule has 0 N–H and O–H groups in total. The lowest BCUT2D eigenvalue weighted by molar-refractivity contribution is 0.102. The summed E-state index contributed by atoms with van der Waals surface area (Å²) in [5, 5.41) is 0. The number of carbonyl (C=O) groups excluding carboxylic acids is 1. The van der Waals surface area contributed by atoms with E-state index in [2.05, 4.69) is 20.8 Å². The van der Waals surface area contributed by atoms with Crippen molar-refractivity contribution < 1.29 is 4.79 Å². The van der Waals surface area contributed by atoms with Crippen LogP contribution < -0.4 is 0 Å². The van der Waals surface area contributed by atoms with Crippen molar-refractivity contribution in [1.82, 2.24) is 0 Å². The maximum Gasteiger partial charge on any atom is 0.169 e. The Morgan fingerprint density at radius 2 is 1.92 bits per heavy atom. The normalized spacial score (nSPS) is 10.5. The van der Waals surface area contributed by atoms with E-state index in [1.165, 1.54) is 16.0 Å². The first kappa shape index (κ1) is 10.5. The highest BCUT2D eigenvalue weighted by Crippen LogP contribution is 2.29. The van der Waals surface area contributed by atoms with E-state index in [-0.39, 0.29) is 5.78 Å². The standard InChI is InChI=1S/C11H16OS/c1-5-9-7(3)11(8(4)12)13-10(9)6-2/h5-6H2,1-4H3. The molecule has 0 atom stereocenters. The molecule has 0 fully saturated rings. The fraction of sp³-hybridized carbons (Fsp3) is 0.545. The van der Waals surface area contributed by atoms with Gasteiger partial charge in [-0.15, -0.1) is 11.3 Å². The number of carbonyl (C=O) groups is 1. The highest BCUT2D eigenvalue weighted by Gasteiger charge is 2.14. The van der Waals surface area contributed by atoms with E-state index in [4.69, 9.17) is 0 Å². The lowest BCUT2D eigenvalue weighted by Crippen LogP contribution is -1.91. The Morgan fingerprint density at radius 1 is 1.31 bits per heavy atom. The fourth-order valence-electron chi connectivity index (χ4n) is 1.69. The van der Waals surface area contributed by atoms with Crippen LogP contribution in [-0.2, 0) is 12.8 Å². The molecular formula is C11H16OS. The third kappa shape index (κ3) is 1.83. The van der Waals surface area contributed by atoms with Gasteiger partial charge in [0.15, 0.2) is 5.78 Å². The van der Waals surface area contributed by atoms with Crippen LogP contribution in [-0.4, -0.2) is 5.78 Å². The molecule has 0 spiro atoms. The zero-order valence-electron chi connectivity index (χ0n) is 8.73. The molecule has 0 aliphatic rings. The van der Waals surface area contributed by atoms with Crippen LogP contribution in [0.4, 0.5) is 0 Å². The molecule has 13 heavy (non-hydrogen) atoms. The van der Waals surface area contributed by atoms with Crippen molar-refractivity contribution in [3.8, 4) is 0 Å². The molecule has 0 aromatic carbocycles. The molecule has 0 amide bonds. The number of hydrogen-bond acceptors (Lipinski definition) is 2. The summed E-state index contributed by atoms with van der Waals surface area (Å²) in [6.07, 6.45) is 2.08. The van der Waals surface area contributed by atoms with Crippen LogP contribution >= 0.6 is 11.3 Å². The third-order valence-electron chi connectivity index (χ3n) is 2.35. The Kier molecular flexibility index (Phi) is 3.26. The molecule has 2 heteroatoms. The average molecular weight is 196 g/mol. The summed E-state index contributed by atoms with van der Waals surface area (Å²) in [6, 6.07) is 0. The van der Waals surface area contributed by atoms with Crippen LogP contribution in [0.1, 0.15) is 46.4 Å². The van der Waals surface area contributed by atoms with Crippen LogP contribution in [0.5, 0.6) is 0 Å². The largest absolute Gasteiger partial charge is 0.294 e. The van der Waals surface area contributed by atoms with Crippen LogP contribution in [0, 0.1) is 6.92 Å². The van der Waals surface area contributed by atoms with Crippen molar-refractivity contribution in [3.05, 3.63) is 20.9 Å². The first-order valence-electron chi connectivity index (χ1n) is 4.73. The Morgan fingerprint density at radius 3 is 2.23 bits per heavy atom. The molecule has 0 aliphatic carbocycles. The number of hydrogen-bond donors (Lipinski definition) is 0. The molecule has 0 bridgehead atoms. The quantitative estimate of drug-likeness (QED) is 0.677. The van der Waals surface area contributed by atoms with E-state index in [9.17, 15) is 4.79 Å². The molecule has 0 saturated heterocycles. The summed E-state index contributed by atoms with van der Waals surface area (Å²) in [7, 11) is 0. The summed E-state index contributed by atoms with van der Waals surface area (Å²) in [4.78, 5) is 13.6. The van der Waals surface area contributed by atoms with Gasteiger partial charge in [0.25, 0.3) is 0 Å². The van der Waals surface area contributed by atoms with Gasteiger partial charge >= 0.3 is 0 Å². The minimum absolute atomic E-state index is 0.205. The molecule has 0 unspecified atom stereocenters. The van der Waals surface area contributed by atoms with Gasteiger partial charge in [-0.2, -0.15) is 0 Å². The highest BCUT2D eigenvalue weighted by molar-refractivity contribution is 7.14. The van der Waals surface area contributed by atoms with E-state index in [1.807, 2.05) is 0 Å². The summed E-state index contributed by atoms with van der Waals surface area (Å²) >= 11 is 1.67. The second-order valence-corrected chi connectivity index (χ2v) is 4.33. The zero-order valence-corrected chi connectivity index (χ0v) is 9.55. The van der Waals surface area contributed by atoms with Crippen LogP contribution in [0.3, 0.4) is 0 Å². The number of Topliss-reactive ketones (excluding diaryl/α,β-unsaturated/α-hetero) is 1. The van der Waals surface area contributed by atoms with Gasteiger partial charge in [-0.1, -0.05) is 13.8 Å². The molecule has 1 aromatic heterocycles. The number of rotatable bonds is 3. The second-order valence-electron chi connectivity index (χ2n) is 3.22. The lowest BCUT2D eigenvalue weighted by atomic mass is 10.1. The van der Waals surface area contributed by atoms with Crippen molar-refractivity contribution in [2.75, 3.05) is 0 Å². The first-order chi connectivity index (χ1) is 6.11. The van der Waals surface area contributed by atoms with E-state index in [1.54, 1.807) is 18.3 Å². The molecule has 1 aromatic rings. The minimum atomic E-state index is 0.205. The van der Waals surface area contributed by atoms with E-state index in [0.717, 1.165) is 17.7 Å². The second kappa shape index (κ2) is 4.05. The SMILES string of the molecule is CCc1sc(C(C)=O)c(C)c1CC. The Balaban J connectivity index is 3.26. The summed E-state index contributed by atoms with van der Waals surface area (Å²) in [5.41, 5.74) is 2.59. The van der Waals surface area contributed by atoms with Gasteiger partial charge in [0.2, 0.25) is 0 Å². The van der Waals surface area contributed by atoms with Crippen molar-refractivity contribution >= 4 is 17.1 Å². The highest BCUT2D eigenvalue weighted by atomic mass is 32.1. The van der Waals surface area contributed by atoms with Gasteiger partial charge in [0.1, 0.15) is 0 Å². The van der Waals surface area contributed by atoms with Crippen molar-refractivity contribution in [2.45, 2.75) is 40.5 Å². The van der Waals surface area contributed by atoms with Crippen molar-refractivity contribution in [2.24, 2.45) is 0 Å². The summed E-state index contributed by atoms with van der Waals surface area (Å²) < 4.78 is 0. The molecule has 0 saturated carbocycles. The van der Waals surface area contributed by atoms with Gasteiger partial charge in [-0.3, -0.25) is 4.79 Å². The van der Waals surface area contributed by atoms with E-state index in [0.29, 0.717) is 0 Å². The smallest absolute Gasteiger partial charge is 0.169 e. The summed E-state index contributed by atoms with van der Waals surface area (Å²) in [5.74, 6) is 0.205. The lowest BCUT2D eigenvalue weighted by Gasteiger charge is -1.98. The topological polar surface area (TPSA) is 17.1 Å². The third-order valence-corrected chi connectivity index (χ3v) is 3.93. The Bertz CT molecular complexity index is 323. The minimum Gasteiger partial charge on any atom is -0.294 e. The number of ketones is 1. The van der Waals surface area contributed by atoms with Crippen LogP contribution in [0.25, 0.3) is 0 Å². The van der Waals surface area contributed by atoms with E-state index >= 15 is 0 Å². The van der Waals surface area contributed by atoms with Crippen molar-refractivity contribution in [1.29, 1.82) is 0 Å². The van der Waals surface area contributed by atoms with Gasteiger partial charge in [0.05, 0.1) is 4.88 Å². The molecule has 72 valence electrons. The monoisotopic (exact) mass is 196 g/mol. The molecule has 0 radical (unpaired) electrons. The molecule has 1 heterocycles. The molecule has 1 rings (SSSR count). The van der Waals surface area contributed by atoms with Gasteiger partial charge in [-0.25, -0.2) is 0 Å². The molecule has 1 nitrogen and oxygen atoms in total. The predicted octanol–water partition coefficient (Wildman–Crippen LogP) is 3.38. The Labute approximate surface area is 83.8 Å². The first-order valence-corrected chi connectivity index (χ1v) is 5.55. The molecule has 0 aliphatic heterocycles. The maximum atomic E-state index is 11.3. The summed E-state index contributed by atoms with van der Waals surface area (Å²) in [6.45, 7) is 8.01. The fourth-order valence-corrected chi connectivity index (χ4v) is 2.92. The number of thiophene rings is 1.